The van der Waals surface area contributed by atoms with Crippen LogP contribution in [0.1, 0.15) is 16.2 Å². The summed E-state index contributed by atoms with van der Waals surface area (Å²) in [7, 11) is 0. The minimum atomic E-state index is -0.413. The number of carbonyl (C=O) groups is 1. The van der Waals surface area contributed by atoms with Crippen LogP contribution in [-0.2, 0) is 6.54 Å². The molecule has 7 heteroatoms. The van der Waals surface area contributed by atoms with Crippen LogP contribution in [0.15, 0.2) is 29.1 Å². The molecule has 1 heterocycles. The largest absolute Gasteiger partial charge is 0.481 e. The van der Waals surface area contributed by atoms with Crippen molar-refractivity contribution in [3.05, 3.63) is 46.1 Å². The van der Waals surface area contributed by atoms with Gasteiger partial charge in [0.15, 0.2) is 0 Å². The Kier molecular flexibility index (Phi) is 4.19. The van der Waals surface area contributed by atoms with Crippen molar-refractivity contribution in [2.24, 2.45) is 0 Å². The van der Waals surface area contributed by atoms with Gasteiger partial charge in [0, 0.05) is 5.56 Å². The van der Waals surface area contributed by atoms with E-state index in [4.69, 9.17) is 11.2 Å². The second-order valence-corrected chi connectivity index (χ2v) is 3.82. The fourth-order valence-electron chi connectivity index (χ4n) is 1.48. The van der Waals surface area contributed by atoms with Crippen molar-refractivity contribution >= 4 is 5.91 Å². The van der Waals surface area contributed by atoms with Gasteiger partial charge < -0.3 is 10.1 Å². The number of terminal acetylenes is 1. The molecule has 0 aliphatic carbocycles. The molecule has 0 unspecified atom stereocenters. The van der Waals surface area contributed by atoms with Crippen LogP contribution in [0.5, 0.6) is 5.75 Å². The lowest BCUT2D eigenvalue weighted by Gasteiger charge is -2.05. The second-order valence-electron chi connectivity index (χ2n) is 3.82. The van der Waals surface area contributed by atoms with E-state index < -0.39 is 5.69 Å². The molecule has 0 radical (unpaired) electrons. The number of rotatable bonds is 5. The van der Waals surface area contributed by atoms with Crippen LogP contribution in [0.4, 0.5) is 0 Å². The lowest BCUT2D eigenvalue weighted by atomic mass is 10.2. The van der Waals surface area contributed by atoms with Crippen molar-refractivity contribution < 1.29 is 9.53 Å². The first-order chi connectivity index (χ1) is 9.69. The van der Waals surface area contributed by atoms with Crippen LogP contribution >= 0.6 is 0 Å². The number of ether oxygens (including phenoxy) is 1. The Labute approximate surface area is 114 Å². The zero-order chi connectivity index (χ0) is 14.4. The van der Waals surface area contributed by atoms with E-state index in [1.54, 1.807) is 24.3 Å². The van der Waals surface area contributed by atoms with Crippen molar-refractivity contribution in [1.29, 1.82) is 0 Å². The van der Waals surface area contributed by atoms with Gasteiger partial charge in [0.25, 0.3) is 5.91 Å². The Morgan fingerprint density at radius 1 is 1.40 bits per heavy atom. The Bertz CT molecular complexity index is 679. The van der Waals surface area contributed by atoms with Gasteiger partial charge in [0.05, 0.1) is 6.54 Å². The van der Waals surface area contributed by atoms with Gasteiger partial charge in [-0.15, -0.1) is 6.42 Å². The van der Waals surface area contributed by atoms with Crippen LogP contribution in [0.2, 0.25) is 0 Å². The summed E-state index contributed by atoms with van der Waals surface area (Å²) in [5.74, 6) is 3.03. The number of nitrogens with one attached hydrogen (secondary N) is 3. The van der Waals surface area contributed by atoms with E-state index in [0.29, 0.717) is 17.1 Å². The topological polar surface area (TPSA) is 99.9 Å². The fourth-order valence-corrected chi connectivity index (χ4v) is 1.48. The minimum absolute atomic E-state index is 0.132. The molecule has 1 amide bonds. The van der Waals surface area contributed by atoms with Gasteiger partial charge in [-0.05, 0) is 24.3 Å². The summed E-state index contributed by atoms with van der Waals surface area (Å²) in [6.07, 6.45) is 5.08. The van der Waals surface area contributed by atoms with Crippen LogP contribution in [0, 0.1) is 12.3 Å². The van der Waals surface area contributed by atoms with Crippen LogP contribution < -0.4 is 15.7 Å². The number of H-pyrrole nitrogens is 2. The Balaban J connectivity index is 1.92. The molecule has 0 saturated carbocycles. The van der Waals surface area contributed by atoms with Crippen molar-refractivity contribution in [3.63, 3.8) is 0 Å². The number of aromatic amines is 2. The summed E-state index contributed by atoms with van der Waals surface area (Å²) in [5, 5.41) is 8.52. The van der Waals surface area contributed by atoms with E-state index >= 15 is 0 Å². The Morgan fingerprint density at radius 2 is 2.15 bits per heavy atom. The maximum absolute atomic E-state index is 11.8. The average molecular weight is 272 g/mol. The van der Waals surface area contributed by atoms with E-state index in [2.05, 4.69) is 26.4 Å². The highest BCUT2D eigenvalue weighted by molar-refractivity contribution is 5.94. The summed E-state index contributed by atoms with van der Waals surface area (Å²) in [4.78, 5) is 25.1. The molecule has 1 aromatic carbocycles. The number of benzene rings is 1. The molecule has 0 aliphatic rings. The Hall–Kier alpha value is -3.01. The van der Waals surface area contributed by atoms with Crippen molar-refractivity contribution in [2.45, 2.75) is 6.54 Å². The van der Waals surface area contributed by atoms with Crippen molar-refractivity contribution in [3.8, 4) is 18.1 Å². The van der Waals surface area contributed by atoms with Gasteiger partial charge in [0.2, 0.25) is 0 Å². The zero-order valence-electron chi connectivity index (χ0n) is 10.5. The average Bonchev–Trinajstić information content (AvgIpc) is 2.89. The molecule has 0 atom stereocenters. The van der Waals surface area contributed by atoms with Gasteiger partial charge in [-0.25, -0.2) is 9.89 Å². The molecule has 7 nitrogen and oxygen atoms in total. The summed E-state index contributed by atoms with van der Waals surface area (Å²) < 4.78 is 5.20. The highest BCUT2D eigenvalue weighted by Gasteiger charge is 2.06. The first-order valence-electron chi connectivity index (χ1n) is 5.77. The monoisotopic (exact) mass is 272 g/mol. The third-order valence-corrected chi connectivity index (χ3v) is 2.41. The molecule has 20 heavy (non-hydrogen) atoms. The standard InChI is InChI=1S/C13H12N4O3/c1-2-7-20-10-5-3-9(4-6-10)12(18)14-8-11-15-13(19)17-16-11/h1,3-6H,7-8H2,(H,14,18)(H2,15,16,17,19). The summed E-state index contributed by atoms with van der Waals surface area (Å²) >= 11 is 0. The van der Waals surface area contributed by atoms with Gasteiger partial charge >= 0.3 is 5.69 Å². The summed E-state index contributed by atoms with van der Waals surface area (Å²) in [6.45, 7) is 0.310. The summed E-state index contributed by atoms with van der Waals surface area (Å²) in [5.41, 5.74) is 0.0557. The lowest BCUT2D eigenvalue weighted by molar-refractivity contribution is 0.0950. The smallest absolute Gasteiger partial charge is 0.340 e. The molecular weight excluding hydrogens is 260 g/mol. The predicted molar refractivity (Wildman–Crippen MR) is 71.1 cm³/mol. The van der Waals surface area contributed by atoms with Crippen LogP contribution in [0.25, 0.3) is 0 Å². The molecule has 2 aromatic rings. The first-order valence-corrected chi connectivity index (χ1v) is 5.77. The number of hydrogen-bond donors (Lipinski definition) is 3. The molecule has 0 fully saturated rings. The van der Waals surface area contributed by atoms with Crippen LogP contribution in [0.3, 0.4) is 0 Å². The molecule has 0 spiro atoms. The fraction of sp³-hybridized carbons (Fsp3) is 0.154. The normalized spacial score (nSPS) is 9.75. The molecular formula is C13H12N4O3. The van der Waals surface area contributed by atoms with Gasteiger partial charge in [-0.2, -0.15) is 5.10 Å². The molecule has 0 aliphatic heterocycles. The second kappa shape index (κ2) is 6.24. The number of aromatic nitrogens is 3. The molecule has 3 N–H and O–H groups in total. The number of nitrogens with zero attached hydrogens (tertiary/aromatic N) is 1. The van der Waals surface area contributed by atoms with E-state index in [1.807, 2.05) is 0 Å². The van der Waals surface area contributed by atoms with E-state index in [0.717, 1.165) is 0 Å². The maximum Gasteiger partial charge on any atom is 0.340 e. The summed E-state index contributed by atoms with van der Waals surface area (Å²) in [6, 6.07) is 6.55. The zero-order valence-corrected chi connectivity index (χ0v) is 10.5. The third-order valence-electron chi connectivity index (χ3n) is 2.41. The highest BCUT2D eigenvalue weighted by atomic mass is 16.5. The first kappa shape index (κ1) is 13.4. The quantitative estimate of drug-likeness (QED) is 0.669. The van der Waals surface area contributed by atoms with E-state index in [-0.39, 0.29) is 19.1 Å². The predicted octanol–water partition coefficient (Wildman–Crippen LogP) is 0.0400. The van der Waals surface area contributed by atoms with Crippen molar-refractivity contribution in [1.82, 2.24) is 20.5 Å². The van der Waals surface area contributed by atoms with Gasteiger partial charge in [-0.3, -0.25) is 9.78 Å². The lowest BCUT2D eigenvalue weighted by Crippen LogP contribution is -2.23. The van der Waals surface area contributed by atoms with Crippen LogP contribution in [-0.4, -0.2) is 27.7 Å². The number of hydrogen-bond acceptors (Lipinski definition) is 4. The van der Waals surface area contributed by atoms with Gasteiger partial charge in [0.1, 0.15) is 18.2 Å². The minimum Gasteiger partial charge on any atom is -0.481 e. The molecule has 102 valence electrons. The van der Waals surface area contributed by atoms with Crippen molar-refractivity contribution in [2.75, 3.05) is 6.61 Å². The van der Waals surface area contributed by atoms with E-state index in [1.165, 1.54) is 0 Å². The molecule has 0 bridgehead atoms. The Morgan fingerprint density at radius 3 is 2.75 bits per heavy atom. The van der Waals surface area contributed by atoms with Gasteiger partial charge in [-0.1, -0.05) is 5.92 Å². The van der Waals surface area contributed by atoms with E-state index in [9.17, 15) is 9.59 Å². The molecule has 2 rings (SSSR count). The maximum atomic E-state index is 11.8. The highest BCUT2D eigenvalue weighted by Crippen LogP contribution is 2.11. The third kappa shape index (κ3) is 3.49. The number of carbonyl (C=O) groups excluding carboxylic acids is 1. The molecule has 0 saturated heterocycles. The number of amides is 1. The SMILES string of the molecule is C#CCOc1ccc(C(=O)NCc2n[nH]c(=O)[nH]2)cc1. The molecule has 1 aromatic heterocycles.